The van der Waals surface area contributed by atoms with Crippen LogP contribution < -0.4 is 0 Å². The highest BCUT2D eigenvalue weighted by Gasteiger charge is 2.17. The van der Waals surface area contributed by atoms with Crippen molar-refractivity contribution in [3.05, 3.63) is 34.9 Å². The molecule has 1 rings (SSSR count). The standard InChI is InChI=1S/C14H20F2O/c1-4-5-9(2)6-14(17)11-7-10(3)12(15)8-13(11)16/h7-9,14,17H,4-6H2,1-3H3. The first-order chi connectivity index (χ1) is 7.95. The molecule has 0 aliphatic carbocycles. The van der Waals surface area contributed by atoms with Crippen LogP contribution in [0, 0.1) is 24.5 Å². The fraction of sp³-hybridized carbons (Fsp3) is 0.571. The number of hydrogen-bond donors (Lipinski definition) is 1. The Kier molecular flexibility index (Phi) is 5.06. The molecule has 0 saturated carbocycles. The molecule has 0 aromatic heterocycles. The van der Waals surface area contributed by atoms with E-state index in [9.17, 15) is 13.9 Å². The maximum atomic E-state index is 13.5. The molecular formula is C14H20F2O. The third kappa shape index (κ3) is 3.77. The second-order valence-electron chi connectivity index (χ2n) is 4.77. The number of rotatable bonds is 5. The van der Waals surface area contributed by atoms with Gasteiger partial charge >= 0.3 is 0 Å². The van der Waals surface area contributed by atoms with E-state index in [-0.39, 0.29) is 5.56 Å². The summed E-state index contributed by atoms with van der Waals surface area (Å²) in [5.74, 6) is -0.899. The first-order valence-corrected chi connectivity index (χ1v) is 6.09. The minimum Gasteiger partial charge on any atom is -0.388 e. The molecule has 0 aliphatic heterocycles. The summed E-state index contributed by atoms with van der Waals surface area (Å²) in [5.41, 5.74) is 0.565. The van der Waals surface area contributed by atoms with Crippen LogP contribution in [0.2, 0.25) is 0 Å². The van der Waals surface area contributed by atoms with Crippen molar-refractivity contribution in [3.63, 3.8) is 0 Å². The van der Waals surface area contributed by atoms with Gasteiger partial charge in [0, 0.05) is 11.6 Å². The number of aliphatic hydroxyl groups excluding tert-OH is 1. The van der Waals surface area contributed by atoms with Crippen molar-refractivity contribution in [3.8, 4) is 0 Å². The highest BCUT2D eigenvalue weighted by atomic mass is 19.1. The summed E-state index contributed by atoms with van der Waals surface area (Å²) in [6, 6.07) is 2.24. The molecule has 0 saturated heterocycles. The van der Waals surface area contributed by atoms with Crippen molar-refractivity contribution in [1.82, 2.24) is 0 Å². The van der Waals surface area contributed by atoms with Gasteiger partial charge in [-0.3, -0.25) is 0 Å². The summed E-state index contributed by atoms with van der Waals surface area (Å²) in [5, 5.41) is 9.95. The number of benzene rings is 1. The van der Waals surface area contributed by atoms with E-state index in [1.807, 2.05) is 6.92 Å². The van der Waals surface area contributed by atoms with Crippen LogP contribution in [-0.4, -0.2) is 5.11 Å². The van der Waals surface area contributed by atoms with E-state index in [1.165, 1.54) is 6.07 Å². The molecule has 0 spiro atoms. The van der Waals surface area contributed by atoms with Crippen molar-refractivity contribution in [2.45, 2.75) is 46.1 Å². The number of aryl methyl sites for hydroxylation is 1. The van der Waals surface area contributed by atoms with Gasteiger partial charge in [-0.15, -0.1) is 0 Å². The molecule has 96 valence electrons. The van der Waals surface area contributed by atoms with Gasteiger partial charge in [0.25, 0.3) is 0 Å². The molecule has 1 N–H and O–H groups in total. The normalized spacial score (nSPS) is 14.7. The highest BCUT2D eigenvalue weighted by molar-refractivity contribution is 5.27. The van der Waals surface area contributed by atoms with Gasteiger partial charge in [-0.1, -0.05) is 26.7 Å². The lowest BCUT2D eigenvalue weighted by Gasteiger charge is -2.17. The molecule has 0 amide bonds. The summed E-state index contributed by atoms with van der Waals surface area (Å²) in [7, 11) is 0. The van der Waals surface area contributed by atoms with Crippen molar-refractivity contribution < 1.29 is 13.9 Å². The minimum absolute atomic E-state index is 0.201. The molecule has 1 aromatic rings. The third-order valence-electron chi connectivity index (χ3n) is 3.04. The van der Waals surface area contributed by atoms with Crippen molar-refractivity contribution in [2.24, 2.45) is 5.92 Å². The van der Waals surface area contributed by atoms with Crippen LogP contribution in [0.25, 0.3) is 0 Å². The van der Waals surface area contributed by atoms with Gasteiger partial charge < -0.3 is 5.11 Å². The van der Waals surface area contributed by atoms with Crippen molar-refractivity contribution >= 4 is 0 Å². The van der Waals surface area contributed by atoms with Crippen LogP contribution in [0.4, 0.5) is 8.78 Å². The molecule has 0 heterocycles. The Labute approximate surface area is 101 Å². The predicted molar refractivity (Wildman–Crippen MR) is 64.7 cm³/mol. The minimum atomic E-state index is -0.851. The molecule has 17 heavy (non-hydrogen) atoms. The average Bonchev–Trinajstić information content (AvgIpc) is 2.23. The monoisotopic (exact) mass is 242 g/mol. The van der Waals surface area contributed by atoms with Gasteiger partial charge in [-0.2, -0.15) is 0 Å². The summed E-state index contributed by atoms with van der Waals surface area (Å²) in [6.07, 6.45) is 1.70. The molecule has 0 bridgehead atoms. The van der Waals surface area contributed by atoms with Crippen LogP contribution in [0.3, 0.4) is 0 Å². The second-order valence-corrected chi connectivity index (χ2v) is 4.77. The first kappa shape index (κ1) is 14.1. The SMILES string of the molecule is CCCC(C)CC(O)c1cc(C)c(F)cc1F. The zero-order valence-corrected chi connectivity index (χ0v) is 10.6. The van der Waals surface area contributed by atoms with Gasteiger partial charge in [-0.25, -0.2) is 8.78 Å². The number of halogens is 2. The van der Waals surface area contributed by atoms with Crippen molar-refractivity contribution in [1.29, 1.82) is 0 Å². The summed E-state index contributed by atoms with van der Waals surface area (Å²) in [6.45, 7) is 5.67. The van der Waals surface area contributed by atoms with E-state index in [2.05, 4.69) is 6.92 Å². The smallest absolute Gasteiger partial charge is 0.131 e. The molecule has 0 radical (unpaired) electrons. The molecule has 1 aromatic carbocycles. The molecule has 0 fully saturated rings. The molecule has 2 unspecified atom stereocenters. The lowest BCUT2D eigenvalue weighted by Crippen LogP contribution is -2.07. The molecule has 1 nitrogen and oxygen atoms in total. The molecule has 2 atom stereocenters. The van der Waals surface area contributed by atoms with Gasteiger partial charge in [0.15, 0.2) is 0 Å². The van der Waals surface area contributed by atoms with E-state index in [4.69, 9.17) is 0 Å². The Balaban J connectivity index is 2.81. The van der Waals surface area contributed by atoms with Gasteiger partial charge in [0.1, 0.15) is 11.6 Å². The highest BCUT2D eigenvalue weighted by Crippen LogP contribution is 2.27. The van der Waals surface area contributed by atoms with Crippen LogP contribution in [0.1, 0.15) is 50.3 Å². The van der Waals surface area contributed by atoms with E-state index in [0.717, 1.165) is 18.9 Å². The fourth-order valence-electron chi connectivity index (χ4n) is 2.05. The maximum Gasteiger partial charge on any atom is 0.131 e. The maximum absolute atomic E-state index is 13.5. The number of hydrogen-bond acceptors (Lipinski definition) is 1. The average molecular weight is 242 g/mol. The van der Waals surface area contributed by atoms with Gasteiger partial charge in [-0.05, 0) is 30.9 Å². The Hall–Kier alpha value is -0.960. The van der Waals surface area contributed by atoms with Crippen molar-refractivity contribution in [2.75, 3.05) is 0 Å². The largest absolute Gasteiger partial charge is 0.388 e. The quantitative estimate of drug-likeness (QED) is 0.823. The van der Waals surface area contributed by atoms with E-state index >= 15 is 0 Å². The number of aliphatic hydroxyl groups is 1. The summed E-state index contributed by atoms with van der Waals surface area (Å²) in [4.78, 5) is 0. The molecule has 3 heteroatoms. The lowest BCUT2D eigenvalue weighted by atomic mass is 9.94. The second kappa shape index (κ2) is 6.10. The van der Waals surface area contributed by atoms with E-state index in [0.29, 0.717) is 17.9 Å². The topological polar surface area (TPSA) is 20.2 Å². The Morgan fingerprint density at radius 1 is 1.24 bits per heavy atom. The molecule has 0 aliphatic rings. The Morgan fingerprint density at radius 2 is 1.88 bits per heavy atom. The van der Waals surface area contributed by atoms with Gasteiger partial charge in [0.2, 0.25) is 0 Å². The molecular weight excluding hydrogens is 222 g/mol. The van der Waals surface area contributed by atoms with E-state index < -0.39 is 17.7 Å². The van der Waals surface area contributed by atoms with Crippen LogP contribution in [-0.2, 0) is 0 Å². The third-order valence-corrected chi connectivity index (χ3v) is 3.04. The zero-order valence-electron chi connectivity index (χ0n) is 10.6. The van der Waals surface area contributed by atoms with Crippen LogP contribution >= 0.6 is 0 Å². The lowest BCUT2D eigenvalue weighted by molar-refractivity contribution is 0.141. The van der Waals surface area contributed by atoms with E-state index in [1.54, 1.807) is 6.92 Å². The Bertz CT molecular complexity index is 377. The zero-order chi connectivity index (χ0) is 13.0. The first-order valence-electron chi connectivity index (χ1n) is 6.09. The van der Waals surface area contributed by atoms with Crippen LogP contribution in [0.15, 0.2) is 12.1 Å². The summed E-state index contributed by atoms with van der Waals surface area (Å²) >= 11 is 0. The summed E-state index contributed by atoms with van der Waals surface area (Å²) < 4.78 is 26.6. The van der Waals surface area contributed by atoms with Gasteiger partial charge in [0.05, 0.1) is 6.10 Å². The van der Waals surface area contributed by atoms with Crippen LogP contribution in [0.5, 0.6) is 0 Å². The Morgan fingerprint density at radius 3 is 2.47 bits per heavy atom. The fourth-order valence-corrected chi connectivity index (χ4v) is 2.05. The predicted octanol–water partition coefficient (Wildman–Crippen LogP) is 4.13.